The van der Waals surface area contributed by atoms with Crippen molar-refractivity contribution in [2.24, 2.45) is 17.8 Å². The van der Waals surface area contributed by atoms with Crippen LogP contribution in [0.5, 0.6) is 5.75 Å². The molecular weight excluding hydrogens is 1020 g/mol. The number of nitrogens with zero attached hydrogens (tertiary/aromatic N) is 4. The summed E-state index contributed by atoms with van der Waals surface area (Å²) in [5.74, 6) is -5.00. The number of imide groups is 2. The number of hydroxylamine groups is 2. The molecule has 6 aliphatic rings. The number of amides is 7. The van der Waals surface area contributed by atoms with Gasteiger partial charge in [0.25, 0.3) is 11.8 Å². The Morgan fingerprint density at radius 3 is 2.33 bits per heavy atom. The number of halogens is 1. The number of carbonyl (C=O) groups is 9. The van der Waals surface area contributed by atoms with Gasteiger partial charge in [-0.1, -0.05) is 42.3 Å². The van der Waals surface area contributed by atoms with Crippen molar-refractivity contribution in [2.75, 3.05) is 45.5 Å². The minimum atomic E-state index is -1.93. The predicted molar refractivity (Wildman–Crippen MR) is 270 cm³/mol. The molecule has 7 rings (SSSR count). The first-order valence-corrected chi connectivity index (χ1v) is 26.7. The van der Waals surface area contributed by atoms with Crippen molar-refractivity contribution in [1.29, 1.82) is 0 Å². The number of methoxy groups -OCH3 is 2. The average molecular weight is 1090 g/mol. The number of ether oxygens (including phenoxy) is 5. The molecule has 9 atom stereocenters. The molecule has 23 heteroatoms. The number of thioether (sulfide) groups is 1. The molecule has 75 heavy (non-hydrogen) atoms. The fourth-order valence-corrected chi connectivity index (χ4v) is 12.1. The number of esters is 1. The maximum absolute atomic E-state index is 14.4. The van der Waals surface area contributed by atoms with Gasteiger partial charge in [-0.05, 0) is 83.4 Å². The van der Waals surface area contributed by atoms with Crippen LogP contribution >= 0.6 is 23.4 Å². The normalized spacial score (nSPS) is 32.9. The Kier molecular flexibility index (Phi) is 17.5. The third kappa shape index (κ3) is 12.3. The SMILES string of the molecule is COc1cc2cc(c1Cl)N(C)C(=O)C[C@H](OC(=O)[C@H](C)N(C)C(=O)CCSC1CC(=O)N(CC3CCC(C(=O)ON4C(=O)CCC4=O)CC3)C1=O)[C@]1(C)O[C@H]1[C@H](C)C1(C)CC(O)(NC(=O)O1)[C@H](OC)/C=C/C=C(\C)C2. The van der Waals surface area contributed by atoms with Crippen LogP contribution < -0.4 is 15.0 Å². The maximum atomic E-state index is 14.4. The molecule has 3 unspecified atom stereocenters. The summed E-state index contributed by atoms with van der Waals surface area (Å²) in [6, 6.07) is 2.36. The van der Waals surface area contributed by atoms with E-state index >= 15 is 0 Å². The number of benzene rings is 1. The first kappa shape index (κ1) is 57.2. The van der Waals surface area contributed by atoms with Gasteiger partial charge in [0.15, 0.2) is 5.72 Å². The third-order valence-corrected chi connectivity index (χ3v) is 17.3. The van der Waals surface area contributed by atoms with Crippen LogP contribution in [0.15, 0.2) is 35.9 Å². The highest BCUT2D eigenvalue weighted by Gasteiger charge is 2.67. The number of rotatable bonds is 13. The minimum absolute atomic E-state index is 0.00296. The number of allylic oxidation sites excluding steroid dienone is 3. The standard InChI is InChI=1S/C52H68ClN5O16S/c1-28-11-10-12-37(70-9)52(68)27-50(4,73-49(67)54-52)29(2)45-51(5,72-45)38(25-42(62)56(7)34-22-32(21-28)23-35(69-8)44(34)53)71-47(65)30(3)55(6)39(59)19-20-75-36-24-43(63)57(46(36)64)26-31-13-15-33(16-14-31)48(66)74-58-40(60)17-18-41(58)61/h10-12,22-23,29-31,33,36-38,45,68H,13-21,24-27H2,1-9H3,(H,54,67)/b12-10+,28-11+/t29-,30-,31?,33?,36?,37+,38-,45-,50?,51-,52?/m0/s1. The van der Waals surface area contributed by atoms with E-state index in [-0.39, 0.29) is 67.2 Å². The van der Waals surface area contributed by atoms with E-state index in [1.165, 1.54) is 61.7 Å². The molecule has 0 spiro atoms. The van der Waals surface area contributed by atoms with Crippen molar-refractivity contribution in [3.63, 3.8) is 0 Å². The summed E-state index contributed by atoms with van der Waals surface area (Å²) >= 11 is 8.00. The van der Waals surface area contributed by atoms with Crippen LogP contribution in [-0.2, 0) is 68.6 Å². The maximum Gasteiger partial charge on any atom is 0.410 e. The molecule has 21 nitrogen and oxygen atoms in total. The van der Waals surface area contributed by atoms with Crippen molar-refractivity contribution in [3.05, 3.63) is 46.5 Å². The minimum Gasteiger partial charge on any atom is -0.495 e. The van der Waals surface area contributed by atoms with Crippen LogP contribution in [0.25, 0.3) is 0 Å². The molecule has 0 aromatic heterocycles. The molecule has 5 heterocycles. The van der Waals surface area contributed by atoms with E-state index < -0.39 is 106 Å². The molecule has 4 bridgehead atoms. The number of anilines is 1. The number of carbonyl (C=O) groups excluding carboxylic acids is 9. The van der Waals surface area contributed by atoms with E-state index in [1.807, 2.05) is 13.0 Å². The van der Waals surface area contributed by atoms with E-state index in [9.17, 15) is 48.3 Å². The van der Waals surface area contributed by atoms with Crippen molar-refractivity contribution in [1.82, 2.24) is 20.2 Å². The lowest BCUT2D eigenvalue weighted by atomic mass is 9.75. The van der Waals surface area contributed by atoms with Gasteiger partial charge in [-0.3, -0.25) is 39.0 Å². The molecule has 1 aliphatic carbocycles. The second-order valence-electron chi connectivity index (χ2n) is 20.9. The zero-order valence-electron chi connectivity index (χ0n) is 43.8. The Morgan fingerprint density at radius 1 is 1.00 bits per heavy atom. The number of hydrogen-bond donors (Lipinski definition) is 2. The smallest absolute Gasteiger partial charge is 0.410 e. The molecule has 4 saturated heterocycles. The van der Waals surface area contributed by atoms with Gasteiger partial charge in [0.05, 0.1) is 36.5 Å². The summed E-state index contributed by atoms with van der Waals surface area (Å²) < 4.78 is 29.8. The Labute approximate surface area is 445 Å². The molecule has 0 radical (unpaired) electrons. The molecular formula is C52H68ClN5O16S. The quantitative estimate of drug-likeness (QED) is 0.156. The largest absolute Gasteiger partial charge is 0.495 e. The van der Waals surface area contributed by atoms with Gasteiger partial charge in [0.1, 0.15) is 40.2 Å². The molecule has 1 aromatic rings. The second kappa shape index (κ2) is 23.0. The molecule has 5 fully saturated rings. The highest BCUT2D eigenvalue weighted by molar-refractivity contribution is 8.00. The highest BCUT2D eigenvalue weighted by Crippen LogP contribution is 2.52. The van der Waals surface area contributed by atoms with Crippen LogP contribution in [0.2, 0.25) is 5.02 Å². The monoisotopic (exact) mass is 1090 g/mol. The van der Waals surface area contributed by atoms with Gasteiger partial charge in [-0.2, -0.15) is 0 Å². The molecule has 1 aromatic carbocycles. The van der Waals surface area contributed by atoms with Crippen LogP contribution in [-0.4, -0.2) is 161 Å². The Morgan fingerprint density at radius 2 is 1.68 bits per heavy atom. The van der Waals surface area contributed by atoms with E-state index in [0.29, 0.717) is 48.6 Å². The lowest BCUT2D eigenvalue weighted by Crippen LogP contribution is -2.67. The van der Waals surface area contributed by atoms with Gasteiger partial charge in [0.2, 0.25) is 23.6 Å². The average Bonchev–Trinajstić information content (AvgIpc) is 3.87. The van der Waals surface area contributed by atoms with Gasteiger partial charge in [-0.25, -0.2) is 14.4 Å². The number of likely N-dealkylation sites (tertiary alicyclic amines) is 1. The Bertz CT molecular complexity index is 2520. The summed E-state index contributed by atoms with van der Waals surface area (Å²) in [4.78, 5) is 127. The summed E-state index contributed by atoms with van der Waals surface area (Å²) in [7, 11) is 5.85. The molecule has 5 aliphatic heterocycles. The highest BCUT2D eigenvalue weighted by atomic mass is 35.5. The lowest BCUT2D eigenvalue weighted by Gasteiger charge is -2.47. The van der Waals surface area contributed by atoms with E-state index in [0.717, 1.165) is 11.1 Å². The number of nitrogens with one attached hydrogen (secondary N) is 1. The predicted octanol–water partition coefficient (Wildman–Crippen LogP) is 4.57. The van der Waals surface area contributed by atoms with Crippen molar-refractivity contribution in [3.8, 4) is 5.75 Å². The topological polar surface area (TPSA) is 258 Å². The van der Waals surface area contributed by atoms with Gasteiger partial charge < -0.3 is 43.4 Å². The van der Waals surface area contributed by atoms with Crippen LogP contribution in [0.1, 0.15) is 104 Å². The zero-order chi connectivity index (χ0) is 54.9. The molecule has 1 saturated carbocycles. The van der Waals surface area contributed by atoms with Gasteiger partial charge in [-0.15, -0.1) is 16.8 Å². The van der Waals surface area contributed by atoms with E-state index in [4.69, 9.17) is 40.1 Å². The number of likely N-dealkylation sites (N-methyl/N-ethyl adjacent to an activating group) is 1. The number of alkyl carbamates (subject to hydrolysis) is 1. The summed E-state index contributed by atoms with van der Waals surface area (Å²) in [6.45, 7) is 8.67. The number of fused-ring (bicyclic) bond motifs is 5. The first-order chi connectivity index (χ1) is 35.3. The van der Waals surface area contributed by atoms with Crippen LogP contribution in [0.4, 0.5) is 10.5 Å². The van der Waals surface area contributed by atoms with Gasteiger partial charge in [0, 0.05) is 71.5 Å². The first-order valence-electron chi connectivity index (χ1n) is 25.2. The number of hydrogen-bond acceptors (Lipinski definition) is 17. The zero-order valence-corrected chi connectivity index (χ0v) is 45.4. The van der Waals surface area contributed by atoms with Gasteiger partial charge >= 0.3 is 18.0 Å². The fraction of sp³-hybridized carbons (Fsp3) is 0.635. The van der Waals surface area contributed by atoms with Crippen molar-refractivity contribution < 1.29 is 76.8 Å². The lowest BCUT2D eigenvalue weighted by molar-refractivity contribution is -0.201. The number of aliphatic hydroxyl groups is 1. The molecule has 410 valence electrons. The van der Waals surface area contributed by atoms with Crippen LogP contribution in [0, 0.1) is 17.8 Å². The fourth-order valence-electron chi connectivity index (χ4n) is 10.6. The summed E-state index contributed by atoms with van der Waals surface area (Å²) in [5, 5.41) is 14.5. The third-order valence-electron chi connectivity index (χ3n) is 15.7. The Balaban J connectivity index is 0.999. The van der Waals surface area contributed by atoms with Crippen LogP contribution in [0.3, 0.4) is 0 Å². The van der Waals surface area contributed by atoms with E-state index in [1.54, 1.807) is 45.1 Å². The second-order valence-corrected chi connectivity index (χ2v) is 22.6. The summed E-state index contributed by atoms with van der Waals surface area (Å²) in [5.41, 5.74) is -2.67. The Hall–Kier alpha value is -5.55. The van der Waals surface area contributed by atoms with Crippen molar-refractivity contribution >= 4 is 82.5 Å². The number of epoxide rings is 1. The molecule has 2 N–H and O–H groups in total. The summed E-state index contributed by atoms with van der Waals surface area (Å²) in [6.07, 6.45) is 2.82. The van der Waals surface area contributed by atoms with Crippen molar-refractivity contribution in [2.45, 2.75) is 152 Å². The molecule has 7 amide bonds. The van der Waals surface area contributed by atoms with E-state index in [2.05, 4.69) is 5.32 Å².